The van der Waals surface area contributed by atoms with Gasteiger partial charge < -0.3 is 9.84 Å². The van der Waals surface area contributed by atoms with E-state index in [4.69, 9.17) is 13.1 Å². The van der Waals surface area contributed by atoms with E-state index in [9.17, 15) is 5.11 Å². The number of hydrogen-bond donors (Lipinski definition) is 2. The molecule has 6 heteroatoms. The summed E-state index contributed by atoms with van der Waals surface area (Å²) >= 11 is -0.441. The molecule has 0 heterocycles. The van der Waals surface area contributed by atoms with Gasteiger partial charge in [-0.15, -0.1) is 8.37 Å². The highest BCUT2D eigenvalue weighted by Crippen LogP contribution is 2.04. The second kappa shape index (κ2) is 13.5. The Labute approximate surface area is 142 Å². The van der Waals surface area contributed by atoms with Crippen LogP contribution in [-0.4, -0.2) is 43.6 Å². The number of aliphatic hydroxyl groups is 1. The topological polar surface area (TPSA) is 60.0 Å². The predicted octanol–water partition coefficient (Wildman–Crippen LogP) is 2.49. The number of aliphatic hydroxyl groups excluding tert-OH is 1. The summed E-state index contributed by atoms with van der Waals surface area (Å²) in [6.07, 6.45) is 3.73. The fraction of sp³-hybridized carbons (Fsp3) is 0.529. The quantitative estimate of drug-likeness (QED) is 0.328. The van der Waals surface area contributed by atoms with Gasteiger partial charge in [0.25, 0.3) is 0 Å². The van der Waals surface area contributed by atoms with Crippen LogP contribution < -0.4 is 5.32 Å². The van der Waals surface area contributed by atoms with Gasteiger partial charge in [0, 0.05) is 13.0 Å². The second-order valence-electron chi connectivity index (χ2n) is 4.63. The average molecular weight is 342 g/mol. The molecule has 1 atom stereocenters. The molecule has 5 nitrogen and oxygen atoms in total. The average Bonchev–Trinajstić information content (AvgIpc) is 2.57. The number of rotatable bonds is 13. The van der Waals surface area contributed by atoms with Crippen molar-refractivity contribution in [2.75, 3.05) is 32.1 Å². The summed E-state index contributed by atoms with van der Waals surface area (Å²) in [5, 5.41) is 12.6. The minimum absolute atomic E-state index is 0.353. The van der Waals surface area contributed by atoms with E-state index < -0.39 is 17.9 Å². The van der Waals surface area contributed by atoms with Crippen LogP contribution in [0, 0.1) is 0 Å². The van der Waals surface area contributed by atoms with Crippen molar-refractivity contribution in [1.82, 2.24) is 5.32 Å². The van der Waals surface area contributed by atoms with Gasteiger partial charge in [0.2, 0.25) is 6.41 Å². The molecule has 0 aliphatic heterocycles. The standard InChI is InChI=1S/C17H28NO4S/c1-3-21-23(22-4-2)15-9-13-18-17(19)20-14-8-12-16-10-6-5-7-11-16/h5-8,10-12,17-19H,3-4,9,13-15H2,1-2H3/q+1/b12-8+. The molecule has 0 fully saturated rings. The van der Waals surface area contributed by atoms with Crippen LogP contribution in [0.5, 0.6) is 0 Å². The Hall–Kier alpha value is -0.890. The zero-order valence-corrected chi connectivity index (χ0v) is 14.8. The first-order valence-corrected chi connectivity index (χ1v) is 9.22. The minimum atomic E-state index is -0.962. The molecule has 2 N–H and O–H groups in total. The number of ether oxygens (including phenoxy) is 1. The third kappa shape index (κ3) is 10.5. The molecule has 0 aliphatic carbocycles. The van der Waals surface area contributed by atoms with Gasteiger partial charge in [-0.25, -0.2) is 0 Å². The van der Waals surface area contributed by atoms with E-state index in [1.807, 2.05) is 56.3 Å². The molecule has 1 aromatic carbocycles. The first-order valence-electron chi connectivity index (χ1n) is 7.98. The lowest BCUT2D eigenvalue weighted by Gasteiger charge is -2.11. The summed E-state index contributed by atoms with van der Waals surface area (Å²) in [5.74, 6) is 0.815. The van der Waals surface area contributed by atoms with E-state index in [1.54, 1.807) is 0 Å². The van der Waals surface area contributed by atoms with Crippen LogP contribution in [0.4, 0.5) is 0 Å². The third-order valence-electron chi connectivity index (χ3n) is 2.77. The first-order chi connectivity index (χ1) is 11.3. The molecule has 0 saturated carbocycles. The minimum Gasteiger partial charge on any atom is -0.356 e. The fourth-order valence-corrected chi connectivity index (χ4v) is 2.99. The van der Waals surface area contributed by atoms with E-state index in [0.717, 1.165) is 17.7 Å². The first kappa shape index (κ1) is 20.2. The molecule has 1 aromatic rings. The molecule has 130 valence electrons. The Morgan fingerprint density at radius 3 is 2.52 bits per heavy atom. The third-order valence-corrected chi connectivity index (χ3v) is 4.38. The fourth-order valence-electron chi connectivity index (χ4n) is 1.78. The van der Waals surface area contributed by atoms with Crippen molar-refractivity contribution in [3.8, 4) is 0 Å². The van der Waals surface area contributed by atoms with Crippen LogP contribution in [0.3, 0.4) is 0 Å². The highest BCUT2D eigenvalue weighted by atomic mass is 32.2. The van der Waals surface area contributed by atoms with Crippen molar-refractivity contribution < 1.29 is 18.2 Å². The maximum atomic E-state index is 9.69. The molecule has 0 bridgehead atoms. The van der Waals surface area contributed by atoms with E-state index in [0.29, 0.717) is 26.4 Å². The Morgan fingerprint density at radius 1 is 1.17 bits per heavy atom. The van der Waals surface area contributed by atoms with Gasteiger partial charge in [-0.3, -0.25) is 5.32 Å². The smallest absolute Gasteiger partial charge is 0.314 e. The molecule has 0 spiro atoms. The number of nitrogens with one attached hydrogen (secondary N) is 1. The summed E-state index contributed by atoms with van der Waals surface area (Å²) in [6.45, 7) is 6.21. The second-order valence-corrected chi connectivity index (χ2v) is 6.11. The lowest BCUT2D eigenvalue weighted by Crippen LogP contribution is -2.33. The molecule has 0 aromatic heterocycles. The van der Waals surface area contributed by atoms with E-state index in [2.05, 4.69) is 5.32 Å². The van der Waals surface area contributed by atoms with Crippen LogP contribution >= 0.6 is 0 Å². The molecule has 0 saturated heterocycles. The highest BCUT2D eigenvalue weighted by Gasteiger charge is 2.21. The van der Waals surface area contributed by atoms with Gasteiger partial charge in [-0.1, -0.05) is 42.5 Å². The SMILES string of the molecule is CCO[S+](CCCNC(O)OC/C=C/c1ccccc1)OCC. The lowest BCUT2D eigenvalue weighted by molar-refractivity contribution is -0.110. The van der Waals surface area contributed by atoms with Gasteiger partial charge in [0.15, 0.2) is 5.75 Å². The maximum Gasteiger partial charge on any atom is 0.314 e. The molecular formula is C17H28NO4S+. The van der Waals surface area contributed by atoms with Crippen molar-refractivity contribution in [2.45, 2.75) is 26.7 Å². The summed E-state index contributed by atoms with van der Waals surface area (Å²) in [5.41, 5.74) is 1.11. The van der Waals surface area contributed by atoms with Gasteiger partial charge >= 0.3 is 11.5 Å². The normalized spacial score (nSPS) is 13.0. The highest BCUT2D eigenvalue weighted by molar-refractivity contribution is 7.87. The van der Waals surface area contributed by atoms with E-state index in [1.165, 1.54) is 0 Å². The summed E-state index contributed by atoms with van der Waals surface area (Å²) in [6, 6.07) is 9.97. The molecule has 23 heavy (non-hydrogen) atoms. The maximum absolute atomic E-state index is 9.69. The lowest BCUT2D eigenvalue weighted by atomic mass is 10.2. The molecular weight excluding hydrogens is 314 g/mol. The molecule has 1 rings (SSSR count). The zero-order valence-electron chi connectivity index (χ0n) is 13.9. The predicted molar refractivity (Wildman–Crippen MR) is 95.5 cm³/mol. The van der Waals surface area contributed by atoms with E-state index in [-0.39, 0.29) is 0 Å². The van der Waals surface area contributed by atoms with E-state index >= 15 is 0 Å². The van der Waals surface area contributed by atoms with Gasteiger partial charge in [0.1, 0.15) is 13.2 Å². The number of hydrogen-bond acceptors (Lipinski definition) is 5. The van der Waals surface area contributed by atoms with Crippen LogP contribution in [0.1, 0.15) is 25.8 Å². The Morgan fingerprint density at radius 2 is 1.87 bits per heavy atom. The van der Waals surface area contributed by atoms with Crippen LogP contribution in [-0.2, 0) is 24.6 Å². The Balaban J connectivity index is 2.07. The van der Waals surface area contributed by atoms with Crippen molar-refractivity contribution in [3.05, 3.63) is 42.0 Å². The van der Waals surface area contributed by atoms with Gasteiger partial charge in [-0.05, 0) is 19.4 Å². The van der Waals surface area contributed by atoms with Gasteiger partial charge in [-0.2, -0.15) is 0 Å². The Bertz CT molecular complexity index is 410. The van der Waals surface area contributed by atoms with Crippen molar-refractivity contribution in [3.63, 3.8) is 0 Å². The molecule has 0 amide bonds. The van der Waals surface area contributed by atoms with Crippen LogP contribution in [0.15, 0.2) is 36.4 Å². The Kier molecular flexibility index (Phi) is 11.9. The van der Waals surface area contributed by atoms with Crippen LogP contribution in [0.2, 0.25) is 0 Å². The van der Waals surface area contributed by atoms with Crippen LogP contribution in [0.25, 0.3) is 6.08 Å². The summed E-state index contributed by atoms with van der Waals surface area (Å²) in [4.78, 5) is 0. The largest absolute Gasteiger partial charge is 0.356 e. The molecule has 0 aliphatic rings. The summed E-state index contributed by atoms with van der Waals surface area (Å²) in [7, 11) is 0. The van der Waals surface area contributed by atoms with Crippen molar-refractivity contribution in [1.29, 1.82) is 0 Å². The number of benzene rings is 1. The van der Waals surface area contributed by atoms with Gasteiger partial charge in [0.05, 0.1) is 6.61 Å². The van der Waals surface area contributed by atoms with Crippen molar-refractivity contribution >= 4 is 17.5 Å². The zero-order chi connectivity index (χ0) is 16.8. The van der Waals surface area contributed by atoms with Crippen molar-refractivity contribution in [2.24, 2.45) is 0 Å². The monoisotopic (exact) mass is 342 g/mol. The molecule has 1 unspecified atom stereocenters. The summed E-state index contributed by atoms with van der Waals surface area (Å²) < 4.78 is 16.2. The molecule has 0 radical (unpaired) electrons.